The first-order valence-corrected chi connectivity index (χ1v) is 13.5. The van der Waals surface area contributed by atoms with E-state index >= 15 is 0 Å². The van der Waals surface area contributed by atoms with E-state index in [1.165, 1.54) is 0 Å². The highest BCUT2D eigenvalue weighted by Crippen LogP contribution is 2.58. The minimum Gasteiger partial charge on any atom is -0.465 e. The molecule has 4 heterocycles. The lowest BCUT2D eigenvalue weighted by Crippen LogP contribution is -2.57. The van der Waals surface area contributed by atoms with Crippen LogP contribution >= 0.6 is 0 Å². The van der Waals surface area contributed by atoms with Crippen LogP contribution in [-0.4, -0.2) is 121 Å². The molecule has 206 valence electrons. The van der Waals surface area contributed by atoms with Gasteiger partial charge < -0.3 is 29.1 Å². The zero-order valence-corrected chi connectivity index (χ0v) is 21.7. The van der Waals surface area contributed by atoms with Crippen LogP contribution in [0.2, 0.25) is 0 Å². The number of carbonyl (C=O) groups excluding carboxylic acids is 3. The van der Waals surface area contributed by atoms with E-state index in [0.717, 1.165) is 13.1 Å². The molecule has 5 atom stereocenters. The van der Waals surface area contributed by atoms with Crippen molar-refractivity contribution >= 4 is 17.8 Å². The molecule has 0 saturated carbocycles. The molecule has 1 spiro atoms. The van der Waals surface area contributed by atoms with Gasteiger partial charge in [-0.25, -0.2) is 0 Å². The van der Waals surface area contributed by atoms with E-state index < -0.39 is 35.6 Å². The highest BCUT2D eigenvalue weighted by atomic mass is 16.6. The number of likely N-dealkylation sites (tertiary alicyclic amines) is 1. The lowest BCUT2D eigenvalue weighted by molar-refractivity contribution is -0.155. The molecule has 4 aliphatic rings. The Morgan fingerprint density at radius 3 is 2.68 bits per heavy atom. The van der Waals surface area contributed by atoms with Gasteiger partial charge in [-0.15, -0.1) is 13.2 Å². The molecule has 4 rings (SSSR count). The molecule has 4 aliphatic heterocycles. The van der Waals surface area contributed by atoms with E-state index in [9.17, 15) is 19.5 Å². The standard InChI is InChI=1S/C27H41N3O7/c1-3-5-17-36-26(34)21-20-8-9-27(37-20)22(21)24(32)30(11-6-7-16-31)23(27)25(33)29(10-4-2)13-12-28-14-18-35-19-15-28/h3-4,20-23,31H,1-2,5-19H2/t20-,21+,22+,23?,27?/m1/s1. The SMILES string of the molecule is C=CCCOC(=O)[C@@H]1[C@H]2C(=O)N(CCCCO)C(C(=O)N(CC=C)CCN3CCOCC3)C23CC[C@H]1O3. The van der Waals surface area contributed by atoms with Crippen LogP contribution in [-0.2, 0) is 28.6 Å². The number of fused-ring (bicyclic) bond motifs is 1. The van der Waals surface area contributed by atoms with Gasteiger partial charge in [0, 0.05) is 45.9 Å². The number of ether oxygens (including phenoxy) is 3. The van der Waals surface area contributed by atoms with Crippen LogP contribution in [0.25, 0.3) is 0 Å². The molecule has 0 aliphatic carbocycles. The van der Waals surface area contributed by atoms with Crippen LogP contribution in [0.15, 0.2) is 25.3 Å². The molecule has 10 heteroatoms. The van der Waals surface area contributed by atoms with Gasteiger partial charge in [0.05, 0.1) is 37.8 Å². The van der Waals surface area contributed by atoms with Crippen molar-refractivity contribution in [1.29, 1.82) is 0 Å². The molecule has 4 saturated heterocycles. The second-order valence-electron chi connectivity index (χ2n) is 10.3. The minimum atomic E-state index is -1.04. The Kier molecular flexibility index (Phi) is 9.39. The van der Waals surface area contributed by atoms with Crippen molar-refractivity contribution < 1.29 is 33.7 Å². The van der Waals surface area contributed by atoms with Crippen molar-refractivity contribution in [1.82, 2.24) is 14.7 Å². The Morgan fingerprint density at radius 2 is 1.97 bits per heavy atom. The van der Waals surface area contributed by atoms with Gasteiger partial charge in [-0.1, -0.05) is 12.2 Å². The number of rotatable bonds is 14. The maximum absolute atomic E-state index is 14.2. The number of aliphatic hydroxyl groups is 1. The topological polar surface area (TPSA) is 109 Å². The molecule has 1 N–H and O–H groups in total. The van der Waals surface area contributed by atoms with Crippen molar-refractivity contribution in [3.63, 3.8) is 0 Å². The van der Waals surface area contributed by atoms with E-state index in [-0.39, 0.29) is 25.0 Å². The lowest BCUT2D eigenvalue weighted by Gasteiger charge is -2.37. The summed E-state index contributed by atoms with van der Waals surface area (Å²) in [5.74, 6) is -2.29. The summed E-state index contributed by atoms with van der Waals surface area (Å²) < 4.78 is 17.4. The molecule has 2 unspecified atom stereocenters. The summed E-state index contributed by atoms with van der Waals surface area (Å²) in [5, 5.41) is 9.32. The number of aliphatic hydroxyl groups excluding tert-OH is 1. The van der Waals surface area contributed by atoms with Crippen LogP contribution in [0.3, 0.4) is 0 Å². The molecule has 0 aromatic heterocycles. The fraction of sp³-hybridized carbons (Fsp3) is 0.741. The predicted octanol–water partition coefficient (Wildman–Crippen LogP) is 0.600. The van der Waals surface area contributed by atoms with Crippen LogP contribution < -0.4 is 0 Å². The van der Waals surface area contributed by atoms with Crippen molar-refractivity contribution in [2.24, 2.45) is 11.8 Å². The largest absolute Gasteiger partial charge is 0.465 e. The predicted molar refractivity (Wildman–Crippen MR) is 135 cm³/mol. The Labute approximate surface area is 219 Å². The number of hydrogen-bond acceptors (Lipinski definition) is 8. The number of nitrogens with zero attached hydrogens (tertiary/aromatic N) is 3. The quantitative estimate of drug-likeness (QED) is 0.202. The van der Waals surface area contributed by atoms with Gasteiger partial charge in [-0.05, 0) is 32.1 Å². The molecule has 10 nitrogen and oxygen atoms in total. The van der Waals surface area contributed by atoms with Crippen LogP contribution in [0, 0.1) is 11.8 Å². The number of carbonyl (C=O) groups is 3. The number of esters is 1. The molecular weight excluding hydrogens is 478 g/mol. The van der Waals surface area contributed by atoms with Gasteiger partial charge >= 0.3 is 5.97 Å². The maximum Gasteiger partial charge on any atom is 0.312 e. The van der Waals surface area contributed by atoms with Crippen molar-refractivity contribution in [2.75, 3.05) is 65.7 Å². The molecule has 37 heavy (non-hydrogen) atoms. The molecule has 0 aromatic rings. The smallest absolute Gasteiger partial charge is 0.312 e. The molecule has 2 amide bonds. The van der Waals surface area contributed by atoms with E-state index in [0.29, 0.717) is 71.5 Å². The zero-order valence-electron chi connectivity index (χ0n) is 21.7. The lowest BCUT2D eigenvalue weighted by atomic mass is 9.70. The minimum absolute atomic E-state index is 0.00812. The third-order valence-corrected chi connectivity index (χ3v) is 8.13. The van der Waals surface area contributed by atoms with Gasteiger partial charge in [-0.2, -0.15) is 0 Å². The summed E-state index contributed by atoms with van der Waals surface area (Å²) >= 11 is 0. The van der Waals surface area contributed by atoms with Crippen molar-refractivity contribution in [3.8, 4) is 0 Å². The summed E-state index contributed by atoms with van der Waals surface area (Å²) in [6.45, 7) is 12.6. The van der Waals surface area contributed by atoms with E-state index in [4.69, 9.17) is 14.2 Å². The third-order valence-electron chi connectivity index (χ3n) is 8.13. The van der Waals surface area contributed by atoms with Gasteiger partial charge in [0.25, 0.3) is 0 Å². The average molecular weight is 520 g/mol. The number of amides is 2. The Hall–Kier alpha value is -2.27. The van der Waals surface area contributed by atoms with Crippen LogP contribution in [0.4, 0.5) is 0 Å². The second kappa shape index (κ2) is 12.5. The van der Waals surface area contributed by atoms with Crippen molar-refractivity contribution in [3.05, 3.63) is 25.3 Å². The Balaban J connectivity index is 1.58. The fourth-order valence-corrected chi connectivity index (χ4v) is 6.38. The normalized spacial score (nSPS) is 30.8. The highest BCUT2D eigenvalue weighted by Gasteiger charge is 2.75. The summed E-state index contributed by atoms with van der Waals surface area (Å²) in [7, 11) is 0. The second-order valence-corrected chi connectivity index (χ2v) is 10.3. The van der Waals surface area contributed by atoms with Crippen molar-refractivity contribution in [2.45, 2.75) is 49.9 Å². The van der Waals surface area contributed by atoms with E-state index in [2.05, 4.69) is 18.1 Å². The van der Waals surface area contributed by atoms with Gasteiger partial charge in [-0.3, -0.25) is 19.3 Å². The van der Waals surface area contributed by atoms with Gasteiger partial charge in [0.1, 0.15) is 11.6 Å². The van der Waals surface area contributed by atoms with E-state index in [1.807, 2.05) is 0 Å². The Bertz CT molecular complexity index is 861. The molecule has 0 radical (unpaired) electrons. The number of hydrogen-bond donors (Lipinski definition) is 1. The number of morpholine rings is 1. The summed E-state index contributed by atoms with van der Waals surface area (Å²) in [6.07, 6.45) is 5.70. The highest BCUT2D eigenvalue weighted by molar-refractivity contribution is 5.98. The van der Waals surface area contributed by atoms with Gasteiger partial charge in [0.2, 0.25) is 11.8 Å². The van der Waals surface area contributed by atoms with E-state index in [1.54, 1.807) is 22.0 Å². The maximum atomic E-state index is 14.2. The third kappa shape index (κ3) is 5.48. The summed E-state index contributed by atoms with van der Waals surface area (Å²) in [5.41, 5.74) is -1.04. The Morgan fingerprint density at radius 1 is 1.19 bits per heavy atom. The average Bonchev–Trinajstić information content (AvgIpc) is 3.54. The van der Waals surface area contributed by atoms with Crippen LogP contribution in [0.1, 0.15) is 32.1 Å². The zero-order chi connectivity index (χ0) is 26.4. The van der Waals surface area contributed by atoms with Crippen LogP contribution in [0.5, 0.6) is 0 Å². The summed E-state index contributed by atoms with van der Waals surface area (Å²) in [4.78, 5) is 46.8. The first-order chi connectivity index (χ1) is 18.0. The molecular formula is C27H41N3O7. The molecule has 4 fully saturated rings. The first kappa shape index (κ1) is 27.8. The summed E-state index contributed by atoms with van der Waals surface area (Å²) in [6, 6.07) is -0.815. The first-order valence-electron chi connectivity index (χ1n) is 13.5. The van der Waals surface area contributed by atoms with Gasteiger partial charge in [0.15, 0.2) is 0 Å². The fourth-order valence-electron chi connectivity index (χ4n) is 6.38. The molecule has 2 bridgehead atoms. The molecule has 0 aromatic carbocycles. The number of unbranched alkanes of at least 4 members (excludes halogenated alkanes) is 1. The monoisotopic (exact) mass is 519 g/mol.